The van der Waals surface area contributed by atoms with E-state index in [-0.39, 0.29) is 43.5 Å². The summed E-state index contributed by atoms with van der Waals surface area (Å²) in [5, 5.41) is 2.86. The van der Waals surface area contributed by atoms with Gasteiger partial charge in [-0.2, -0.15) is 0 Å². The minimum absolute atomic E-state index is 0.0424. The zero-order chi connectivity index (χ0) is 33.3. The summed E-state index contributed by atoms with van der Waals surface area (Å²) in [6.45, 7) is 9.47. The number of nitrogens with one attached hydrogen (secondary N) is 1. The van der Waals surface area contributed by atoms with Crippen LogP contribution < -0.4 is 5.32 Å². The standard InChI is InChI=1S/C34H47N5O7/c1-6-7-19-45-33(43)39-17-15-38(16-18-39)32(42)26(13-14-29(40)46-34(2,3)4)37-31(41)28-21-27(25-20-24(25)22-44-5)35-30(36-28)23-11-9-8-10-12-23/h8-12,21,24-26H,6-7,13-20,22H2,1-5H3,(H,37,41)/t24?,25?,26-/m0/s1. The molecule has 0 radical (unpaired) electrons. The molecule has 2 unspecified atom stereocenters. The van der Waals surface area contributed by atoms with Crippen molar-refractivity contribution in [1.82, 2.24) is 25.1 Å². The van der Waals surface area contributed by atoms with Gasteiger partial charge in [0.25, 0.3) is 5.91 Å². The van der Waals surface area contributed by atoms with E-state index in [2.05, 4.69) is 10.3 Å². The first-order valence-corrected chi connectivity index (χ1v) is 16.2. The zero-order valence-electron chi connectivity index (χ0n) is 27.6. The van der Waals surface area contributed by atoms with Gasteiger partial charge in [0.1, 0.15) is 17.3 Å². The van der Waals surface area contributed by atoms with E-state index in [1.807, 2.05) is 37.3 Å². The summed E-state index contributed by atoms with van der Waals surface area (Å²) >= 11 is 0. The van der Waals surface area contributed by atoms with Crippen LogP contribution in [-0.4, -0.2) is 102 Å². The number of benzene rings is 1. The number of hydrogen-bond donors (Lipinski definition) is 1. The molecule has 1 saturated carbocycles. The summed E-state index contributed by atoms with van der Waals surface area (Å²) < 4.78 is 16.1. The van der Waals surface area contributed by atoms with Gasteiger partial charge in [0.15, 0.2) is 5.82 Å². The van der Waals surface area contributed by atoms with Gasteiger partial charge in [-0.25, -0.2) is 14.8 Å². The molecule has 1 aliphatic heterocycles. The van der Waals surface area contributed by atoms with Crippen molar-refractivity contribution in [2.45, 2.75) is 77.4 Å². The minimum Gasteiger partial charge on any atom is -0.460 e. The van der Waals surface area contributed by atoms with Crippen molar-refractivity contribution in [2.24, 2.45) is 5.92 Å². The van der Waals surface area contributed by atoms with Crippen LogP contribution in [0.4, 0.5) is 4.79 Å². The second-order valence-electron chi connectivity index (χ2n) is 12.9. The lowest BCUT2D eigenvalue weighted by Crippen LogP contribution is -2.56. The Balaban J connectivity index is 1.51. The lowest BCUT2D eigenvalue weighted by atomic mass is 10.1. The molecule has 12 heteroatoms. The van der Waals surface area contributed by atoms with Crippen molar-refractivity contribution in [3.63, 3.8) is 0 Å². The summed E-state index contributed by atoms with van der Waals surface area (Å²) in [4.78, 5) is 65.2. The normalized spacial score (nSPS) is 18.5. The molecule has 2 heterocycles. The molecule has 0 bridgehead atoms. The van der Waals surface area contributed by atoms with Gasteiger partial charge in [-0.3, -0.25) is 14.4 Å². The van der Waals surface area contributed by atoms with Crippen LogP contribution in [0.25, 0.3) is 11.4 Å². The van der Waals surface area contributed by atoms with Gasteiger partial charge in [0.2, 0.25) is 5.91 Å². The Kier molecular flexibility index (Phi) is 12.1. The summed E-state index contributed by atoms with van der Waals surface area (Å²) in [5.41, 5.74) is 0.976. The number of nitrogens with zero attached hydrogens (tertiary/aromatic N) is 4. The third-order valence-corrected chi connectivity index (χ3v) is 7.93. The Morgan fingerprint density at radius 1 is 1.02 bits per heavy atom. The number of rotatable bonds is 13. The van der Waals surface area contributed by atoms with Crippen LogP contribution in [0, 0.1) is 5.92 Å². The third kappa shape index (κ3) is 9.97. The number of esters is 1. The molecule has 1 saturated heterocycles. The Morgan fingerprint density at radius 3 is 2.37 bits per heavy atom. The minimum atomic E-state index is -1.01. The topological polar surface area (TPSA) is 140 Å². The molecule has 4 rings (SSSR count). The summed E-state index contributed by atoms with van der Waals surface area (Å²) in [6.07, 6.45) is 2.19. The van der Waals surface area contributed by atoms with Gasteiger partial charge >= 0.3 is 12.1 Å². The molecule has 2 aliphatic rings. The largest absolute Gasteiger partial charge is 0.460 e. The van der Waals surface area contributed by atoms with Gasteiger partial charge < -0.3 is 29.3 Å². The molecule has 3 atom stereocenters. The van der Waals surface area contributed by atoms with E-state index in [4.69, 9.17) is 19.2 Å². The van der Waals surface area contributed by atoms with Crippen LogP contribution in [-0.2, 0) is 23.8 Å². The molecule has 0 spiro atoms. The Bertz CT molecular complexity index is 1360. The highest BCUT2D eigenvalue weighted by Crippen LogP contribution is 2.47. The number of ether oxygens (including phenoxy) is 3. The maximum absolute atomic E-state index is 13.8. The fourth-order valence-electron chi connectivity index (χ4n) is 5.37. The highest BCUT2D eigenvalue weighted by Gasteiger charge is 2.40. The highest BCUT2D eigenvalue weighted by molar-refractivity contribution is 5.96. The number of aromatic nitrogens is 2. The second-order valence-corrected chi connectivity index (χ2v) is 12.9. The Labute approximate surface area is 271 Å². The number of amides is 3. The monoisotopic (exact) mass is 637 g/mol. The SMILES string of the molecule is CCCCOC(=O)N1CCN(C(=O)[C@H](CCC(=O)OC(C)(C)C)NC(=O)c2cc(C3CC3COC)nc(-c3ccccc3)n2)CC1. The molecule has 2 aromatic rings. The van der Waals surface area contributed by atoms with Crippen LogP contribution in [0.15, 0.2) is 36.4 Å². The van der Waals surface area contributed by atoms with E-state index in [0.717, 1.165) is 30.5 Å². The van der Waals surface area contributed by atoms with E-state index in [1.165, 1.54) is 0 Å². The number of carbonyl (C=O) groups is 4. The summed E-state index contributed by atoms with van der Waals surface area (Å²) in [7, 11) is 1.66. The first-order valence-electron chi connectivity index (χ1n) is 16.2. The maximum Gasteiger partial charge on any atom is 0.409 e. The zero-order valence-corrected chi connectivity index (χ0v) is 27.6. The number of hydrogen-bond acceptors (Lipinski definition) is 9. The number of unbranched alkanes of at least 4 members (excludes halogenated alkanes) is 1. The lowest BCUT2D eigenvalue weighted by molar-refractivity contribution is -0.155. The van der Waals surface area contributed by atoms with Crippen molar-refractivity contribution >= 4 is 23.9 Å². The van der Waals surface area contributed by atoms with Crippen molar-refractivity contribution in [2.75, 3.05) is 46.5 Å². The van der Waals surface area contributed by atoms with Crippen LogP contribution in [0.5, 0.6) is 0 Å². The average Bonchev–Trinajstić information content (AvgIpc) is 3.81. The second kappa shape index (κ2) is 16.0. The summed E-state index contributed by atoms with van der Waals surface area (Å²) in [5.74, 6) is -0.462. The molecule has 12 nitrogen and oxygen atoms in total. The number of carbonyl (C=O) groups excluding carboxylic acids is 4. The van der Waals surface area contributed by atoms with Crippen molar-refractivity contribution in [3.05, 3.63) is 47.8 Å². The first kappa shape index (κ1) is 34.8. The molecular weight excluding hydrogens is 590 g/mol. The van der Waals surface area contributed by atoms with Crippen LogP contribution in [0.1, 0.15) is 81.9 Å². The van der Waals surface area contributed by atoms with Gasteiger partial charge in [-0.05, 0) is 52.0 Å². The van der Waals surface area contributed by atoms with Crippen LogP contribution >= 0.6 is 0 Å². The number of methoxy groups -OCH3 is 1. The van der Waals surface area contributed by atoms with Crippen LogP contribution in [0.3, 0.4) is 0 Å². The molecular formula is C34H47N5O7. The molecule has 250 valence electrons. The molecule has 1 aliphatic carbocycles. The predicted molar refractivity (Wildman–Crippen MR) is 171 cm³/mol. The van der Waals surface area contributed by atoms with Crippen molar-refractivity contribution < 1.29 is 33.4 Å². The Hall–Kier alpha value is -4.06. The van der Waals surface area contributed by atoms with Crippen molar-refractivity contribution in [3.8, 4) is 11.4 Å². The van der Waals surface area contributed by atoms with Gasteiger partial charge in [-0.1, -0.05) is 43.7 Å². The van der Waals surface area contributed by atoms with Gasteiger partial charge in [0.05, 0.1) is 6.61 Å². The quantitative estimate of drug-likeness (QED) is 0.253. The van der Waals surface area contributed by atoms with E-state index in [9.17, 15) is 19.2 Å². The first-order chi connectivity index (χ1) is 22.0. The smallest absolute Gasteiger partial charge is 0.409 e. The Morgan fingerprint density at radius 2 is 1.72 bits per heavy atom. The van der Waals surface area contributed by atoms with E-state index in [0.29, 0.717) is 38.0 Å². The van der Waals surface area contributed by atoms with E-state index in [1.54, 1.807) is 43.7 Å². The van der Waals surface area contributed by atoms with Gasteiger partial charge in [-0.15, -0.1) is 0 Å². The maximum atomic E-state index is 13.8. The molecule has 1 N–H and O–H groups in total. The molecule has 3 amide bonds. The predicted octanol–water partition coefficient (Wildman–Crippen LogP) is 4.19. The van der Waals surface area contributed by atoms with Gasteiger partial charge in [0, 0.05) is 63.5 Å². The highest BCUT2D eigenvalue weighted by atomic mass is 16.6. The molecule has 46 heavy (non-hydrogen) atoms. The number of piperazine rings is 1. The summed E-state index contributed by atoms with van der Waals surface area (Å²) in [6, 6.07) is 10.1. The molecule has 1 aromatic carbocycles. The van der Waals surface area contributed by atoms with Crippen molar-refractivity contribution in [1.29, 1.82) is 0 Å². The fourth-order valence-corrected chi connectivity index (χ4v) is 5.37. The van der Waals surface area contributed by atoms with E-state index >= 15 is 0 Å². The lowest BCUT2D eigenvalue weighted by Gasteiger charge is -2.36. The fraction of sp³-hybridized carbons (Fsp3) is 0.588. The average molecular weight is 638 g/mol. The van der Waals surface area contributed by atoms with Crippen LogP contribution in [0.2, 0.25) is 0 Å². The third-order valence-electron chi connectivity index (χ3n) is 7.93. The molecule has 1 aromatic heterocycles. The molecule has 2 fully saturated rings. The van der Waals surface area contributed by atoms with E-state index < -0.39 is 29.6 Å².